The molecule has 0 aliphatic carbocycles. The number of hydrogen-bond donors (Lipinski definition) is 1. The van der Waals surface area contributed by atoms with Crippen LogP contribution < -0.4 is 5.32 Å². The maximum atomic E-state index is 6.10. The summed E-state index contributed by atoms with van der Waals surface area (Å²) in [6.07, 6.45) is 2.52. The normalized spacial score (nSPS) is 25.0. The Kier molecular flexibility index (Phi) is 5.63. The zero-order valence-electron chi connectivity index (χ0n) is 13.2. The van der Waals surface area contributed by atoms with Gasteiger partial charge in [0, 0.05) is 19.1 Å². The summed E-state index contributed by atoms with van der Waals surface area (Å²) < 4.78 is 6.10. The van der Waals surface area contributed by atoms with Crippen molar-refractivity contribution in [1.82, 2.24) is 10.2 Å². The van der Waals surface area contributed by atoms with Crippen molar-refractivity contribution >= 4 is 0 Å². The van der Waals surface area contributed by atoms with Crippen LogP contribution in [0.3, 0.4) is 0 Å². The summed E-state index contributed by atoms with van der Waals surface area (Å²) in [6.45, 7) is 17.6. The van der Waals surface area contributed by atoms with Gasteiger partial charge in [0.05, 0.1) is 11.2 Å². The molecule has 3 nitrogen and oxygen atoms in total. The van der Waals surface area contributed by atoms with Crippen molar-refractivity contribution in [3.8, 4) is 0 Å². The van der Waals surface area contributed by atoms with E-state index in [2.05, 4.69) is 51.8 Å². The van der Waals surface area contributed by atoms with Crippen LogP contribution in [0.2, 0.25) is 0 Å². The van der Waals surface area contributed by atoms with E-state index in [9.17, 15) is 0 Å². The zero-order valence-corrected chi connectivity index (χ0v) is 13.2. The van der Waals surface area contributed by atoms with E-state index in [1.807, 2.05) is 0 Å². The van der Waals surface area contributed by atoms with Crippen LogP contribution in [0.15, 0.2) is 0 Å². The number of nitrogens with zero attached hydrogens (tertiary/aromatic N) is 1. The molecule has 0 bridgehead atoms. The molecule has 3 heteroatoms. The zero-order chi connectivity index (χ0) is 13.8. The predicted molar refractivity (Wildman–Crippen MR) is 78.1 cm³/mol. The van der Waals surface area contributed by atoms with E-state index in [0.29, 0.717) is 6.04 Å². The highest BCUT2D eigenvalue weighted by molar-refractivity contribution is 4.89. The molecule has 1 aliphatic rings. The molecule has 108 valence electrons. The van der Waals surface area contributed by atoms with Gasteiger partial charge in [0.2, 0.25) is 0 Å². The third-order valence-electron chi connectivity index (χ3n) is 3.43. The maximum Gasteiger partial charge on any atom is 0.0760 e. The summed E-state index contributed by atoms with van der Waals surface area (Å²) in [5.41, 5.74) is -0.0376. The number of rotatable bonds is 6. The minimum Gasteiger partial charge on any atom is -0.367 e. The molecule has 0 aromatic rings. The Balaban J connectivity index is 2.33. The van der Waals surface area contributed by atoms with E-state index in [1.54, 1.807) is 0 Å². The molecule has 0 radical (unpaired) electrons. The fourth-order valence-electron chi connectivity index (χ4n) is 3.18. The first-order chi connectivity index (χ1) is 8.24. The van der Waals surface area contributed by atoms with E-state index in [0.717, 1.165) is 19.6 Å². The molecule has 0 amide bonds. The molecule has 1 saturated heterocycles. The maximum absolute atomic E-state index is 6.10. The van der Waals surface area contributed by atoms with Crippen LogP contribution in [0.1, 0.15) is 54.4 Å². The summed E-state index contributed by atoms with van der Waals surface area (Å²) in [7, 11) is 0. The van der Waals surface area contributed by atoms with Crippen LogP contribution in [0.4, 0.5) is 0 Å². The van der Waals surface area contributed by atoms with Gasteiger partial charge in [0.25, 0.3) is 0 Å². The van der Waals surface area contributed by atoms with Crippen LogP contribution in [0.5, 0.6) is 0 Å². The summed E-state index contributed by atoms with van der Waals surface area (Å²) >= 11 is 0. The van der Waals surface area contributed by atoms with Gasteiger partial charge in [-0.3, -0.25) is 4.90 Å². The standard InChI is InChI=1S/C15H32N2O/c1-7-16-13(2)9-8-10-17-11-14(3,4)18-15(5,6)12-17/h13,16H,7-12H2,1-6H3. The second-order valence-electron chi connectivity index (χ2n) is 6.93. The molecule has 1 heterocycles. The van der Waals surface area contributed by atoms with Crippen LogP contribution in [-0.2, 0) is 4.74 Å². The van der Waals surface area contributed by atoms with Crippen LogP contribution >= 0.6 is 0 Å². The molecule has 0 spiro atoms. The van der Waals surface area contributed by atoms with Crippen LogP contribution in [0.25, 0.3) is 0 Å². The average molecular weight is 256 g/mol. The van der Waals surface area contributed by atoms with Gasteiger partial charge in [-0.1, -0.05) is 6.92 Å². The average Bonchev–Trinajstić information content (AvgIpc) is 2.12. The van der Waals surface area contributed by atoms with Crippen LogP contribution in [-0.4, -0.2) is 48.3 Å². The molecule has 0 saturated carbocycles. The monoisotopic (exact) mass is 256 g/mol. The molecule has 18 heavy (non-hydrogen) atoms. The van der Waals surface area contributed by atoms with E-state index in [4.69, 9.17) is 4.74 Å². The van der Waals surface area contributed by atoms with Crippen LogP contribution in [0, 0.1) is 0 Å². The Morgan fingerprint density at radius 1 is 1.17 bits per heavy atom. The Hall–Kier alpha value is -0.120. The summed E-state index contributed by atoms with van der Waals surface area (Å²) in [5.74, 6) is 0. The SMILES string of the molecule is CCNC(C)CCCN1CC(C)(C)OC(C)(C)C1. The lowest BCUT2D eigenvalue weighted by molar-refractivity contribution is -0.180. The molecule has 0 aromatic heterocycles. The largest absolute Gasteiger partial charge is 0.367 e. The molecule has 1 atom stereocenters. The third kappa shape index (κ3) is 5.68. The molecule has 1 unspecified atom stereocenters. The van der Waals surface area contributed by atoms with Crippen molar-refractivity contribution in [3.63, 3.8) is 0 Å². The quantitative estimate of drug-likeness (QED) is 0.791. The smallest absolute Gasteiger partial charge is 0.0760 e. The summed E-state index contributed by atoms with van der Waals surface area (Å²) in [4.78, 5) is 2.56. The first-order valence-electron chi connectivity index (χ1n) is 7.40. The molecular formula is C15H32N2O. The van der Waals surface area contributed by atoms with Crippen molar-refractivity contribution in [2.75, 3.05) is 26.2 Å². The molecule has 1 aliphatic heterocycles. The van der Waals surface area contributed by atoms with E-state index in [-0.39, 0.29) is 11.2 Å². The lowest BCUT2D eigenvalue weighted by Gasteiger charge is -2.47. The van der Waals surface area contributed by atoms with Crippen molar-refractivity contribution in [3.05, 3.63) is 0 Å². The second kappa shape index (κ2) is 6.36. The molecule has 1 fully saturated rings. The minimum atomic E-state index is -0.0188. The van der Waals surface area contributed by atoms with Gasteiger partial charge in [-0.25, -0.2) is 0 Å². The van der Waals surface area contributed by atoms with Crippen molar-refractivity contribution in [2.24, 2.45) is 0 Å². The van der Waals surface area contributed by atoms with Gasteiger partial charge in [-0.2, -0.15) is 0 Å². The first-order valence-corrected chi connectivity index (χ1v) is 7.40. The Morgan fingerprint density at radius 3 is 2.22 bits per heavy atom. The van der Waals surface area contributed by atoms with Gasteiger partial charge in [0.1, 0.15) is 0 Å². The topological polar surface area (TPSA) is 24.5 Å². The van der Waals surface area contributed by atoms with E-state index >= 15 is 0 Å². The van der Waals surface area contributed by atoms with Gasteiger partial charge in [-0.05, 0) is 60.5 Å². The molecule has 0 aromatic carbocycles. The number of nitrogens with one attached hydrogen (secondary N) is 1. The lowest BCUT2D eigenvalue weighted by Crippen LogP contribution is -2.57. The van der Waals surface area contributed by atoms with Gasteiger partial charge in [0.15, 0.2) is 0 Å². The third-order valence-corrected chi connectivity index (χ3v) is 3.43. The number of ether oxygens (including phenoxy) is 1. The summed E-state index contributed by atoms with van der Waals surface area (Å²) in [5, 5.41) is 3.47. The van der Waals surface area contributed by atoms with E-state index in [1.165, 1.54) is 19.4 Å². The second-order valence-corrected chi connectivity index (χ2v) is 6.93. The fraction of sp³-hybridized carbons (Fsp3) is 1.00. The highest BCUT2D eigenvalue weighted by Crippen LogP contribution is 2.28. The van der Waals surface area contributed by atoms with E-state index < -0.39 is 0 Å². The minimum absolute atomic E-state index is 0.0188. The number of morpholine rings is 1. The predicted octanol–water partition coefficient (Wildman–Crippen LogP) is 2.65. The molecule has 1 rings (SSSR count). The Morgan fingerprint density at radius 2 is 1.72 bits per heavy atom. The highest BCUT2D eigenvalue weighted by Gasteiger charge is 2.37. The van der Waals surface area contributed by atoms with Crippen molar-refractivity contribution in [2.45, 2.75) is 71.6 Å². The molecule has 1 N–H and O–H groups in total. The first kappa shape index (κ1) is 15.9. The Labute approximate surface area is 113 Å². The number of hydrogen-bond acceptors (Lipinski definition) is 3. The highest BCUT2D eigenvalue weighted by atomic mass is 16.5. The van der Waals surface area contributed by atoms with Crippen molar-refractivity contribution in [1.29, 1.82) is 0 Å². The lowest BCUT2D eigenvalue weighted by atomic mass is 9.98. The van der Waals surface area contributed by atoms with Gasteiger partial charge >= 0.3 is 0 Å². The molecular weight excluding hydrogens is 224 g/mol. The summed E-state index contributed by atoms with van der Waals surface area (Å²) in [6, 6.07) is 0.636. The van der Waals surface area contributed by atoms with Crippen molar-refractivity contribution < 1.29 is 4.74 Å². The van der Waals surface area contributed by atoms with Gasteiger partial charge < -0.3 is 10.1 Å². The fourth-order valence-corrected chi connectivity index (χ4v) is 3.18. The van der Waals surface area contributed by atoms with Gasteiger partial charge in [-0.15, -0.1) is 0 Å². The Bertz CT molecular complexity index is 235.